The minimum absolute atomic E-state index is 0.207. The summed E-state index contributed by atoms with van der Waals surface area (Å²) in [6.45, 7) is 10.3. The van der Waals surface area contributed by atoms with Crippen LogP contribution >= 0.6 is 0 Å². The molecule has 0 aromatic rings. The number of carbonyl (C=O) groups excluding carboxylic acids is 1. The lowest BCUT2D eigenvalue weighted by atomic mass is 10.0. The van der Waals surface area contributed by atoms with Crippen LogP contribution in [-0.2, 0) is 4.79 Å². The minimum Gasteiger partial charge on any atom is -0.352 e. The SMILES string of the molecule is CCCCN1CCC(NC(=O)CN2CCNCC2)CC1. The molecule has 0 aromatic carbocycles. The first-order valence-corrected chi connectivity index (χ1v) is 8.22. The van der Waals surface area contributed by atoms with E-state index >= 15 is 0 Å². The topological polar surface area (TPSA) is 47.6 Å². The van der Waals surface area contributed by atoms with Crippen molar-refractivity contribution in [2.45, 2.75) is 38.6 Å². The molecule has 0 atom stereocenters. The molecule has 2 aliphatic heterocycles. The second-order valence-corrected chi connectivity index (χ2v) is 6.06. The monoisotopic (exact) mass is 282 g/mol. The number of hydrogen-bond acceptors (Lipinski definition) is 4. The number of piperidine rings is 1. The number of hydrogen-bond donors (Lipinski definition) is 2. The van der Waals surface area contributed by atoms with E-state index in [9.17, 15) is 4.79 Å². The number of nitrogens with one attached hydrogen (secondary N) is 2. The molecule has 2 fully saturated rings. The molecule has 5 heteroatoms. The number of nitrogens with zero attached hydrogens (tertiary/aromatic N) is 2. The highest BCUT2D eigenvalue weighted by Gasteiger charge is 2.21. The molecule has 0 unspecified atom stereocenters. The summed E-state index contributed by atoms with van der Waals surface area (Å²) in [6, 6.07) is 0.392. The smallest absolute Gasteiger partial charge is 0.234 e. The van der Waals surface area contributed by atoms with Crippen LogP contribution in [0.2, 0.25) is 0 Å². The lowest BCUT2D eigenvalue weighted by molar-refractivity contribution is -0.123. The molecule has 2 heterocycles. The van der Waals surface area contributed by atoms with Gasteiger partial charge in [0, 0.05) is 45.3 Å². The predicted octanol–water partition coefficient (Wildman–Crippen LogP) is 0.272. The molecule has 116 valence electrons. The van der Waals surface area contributed by atoms with E-state index in [1.54, 1.807) is 0 Å². The quantitative estimate of drug-likeness (QED) is 0.734. The van der Waals surface area contributed by atoms with Gasteiger partial charge in [-0.1, -0.05) is 13.3 Å². The van der Waals surface area contributed by atoms with Crippen LogP contribution in [0.15, 0.2) is 0 Å². The maximum Gasteiger partial charge on any atom is 0.234 e. The van der Waals surface area contributed by atoms with Crippen molar-refractivity contribution in [2.24, 2.45) is 0 Å². The fourth-order valence-corrected chi connectivity index (χ4v) is 3.03. The molecule has 2 rings (SSSR count). The van der Waals surface area contributed by atoms with Crippen molar-refractivity contribution in [2.75, 3.05) is 52.4 Å². The molecular formula is C15H30N4O. The van der Waals surface area contributed by atoms with E-state index in [1.165, 1.54) is 19.4 Å². The Bertz CT molecular complexity index is 284. The average molecular weight is 282 g/mol. The van der Waals surface area contributed by atoms with E-state index in [4.69, 9.17) is 0 Å². The van der Waals surface area contributed by atoms with E-state index in [0.29, 0.717) is 12.6 Å². The average Bonchev–Trinajstić information content (AvgIpc) is 2.47. The fraction of sp³-hybridized carbons (Fsp3) is 0.933. The van der Waals surface area contributed by atoms with Gasteiger partial charge < -0.3 is 15.5 Å². The second kappa shape index (κ2) is 8.60. The highest BCUT2D eigenvalue weighted by molar-refractivity contribution is 5.78. The first kappa shape index (κ1) is 15.7. The van der Waals surface area contributed by atoms with Gasteiger partial charge in [0.25, 0.3) is 0 Å². The lowest BCUT2D eigenvalue weighted by Crippen LogP contribution is -2.50. The number of rotatable bonds is 6. The molecule has 0 aliphatic carbocycles. The Balaban J connectivity index is 1.60. The summed E-state index contributed by atoms with van der Waals surface area (Å²) >= 11 is 0. The molecule has 2 saturated heterocycles. The molecule has 1 amide bonds. The van der Waals surface area contributed by atoms with Crippen molar-refractivity contribution in [3.63, 3.8) is 0 Å². The van der Waals surface area contributed by atoms with Gasteiger partial charge >= 0.3 is 0 Å². The number of piperazine rings is 1. The highest BCUT2D eigenvalue weighted by Crippen LogP contribution is 2.11. The summed E-state index contributed by atoms with van der Waals surface area (Å²) in [5.41, 5.74) is 0. The first-order chi connectivity index (χ1) is 9.78. The van der Waals surface area contributed by atoms with Crippen LogP contribution in [0, 0.1) is 0 Å². The van der Waals surface area contributed by atoms with Gasteiger partial charge in [-0.05, 0) is 25.8 Å². The number of unbranched alkanes of at least 4 members (excludes halogenated alkanes) is 1. The Labute approximate surface area is 123 Å². The lowest BCUT2D eigenvalue weighted by Gasteiger charge is -2.33. The Kier molecular flexibility index (Phi) is 6.76. The van der Waals surface area contributed by atoms with Crippen molar-refractivity contribution in [1.29, 1.82) is 0 Å². The third-order valence-corrected chi connectivity index (χ3v) is 4.36. The van der Waals surface area contributed by atoms with E-state index in [0.717, 1.165) is 52.1 Å². The fourth-order valence-electron chi connectivity index (χ4n) is 3.03. The van der Waals surface area contributed by atoms with E-state index in [1.807, 2.05) is 0 Å². The Hall–Kier alpha value is -0.650. The molecule has 0 radical (unpaired) electrons. The molecule has 2 N–H and O–H groups in total. The van der Waals surface area contributed by atoms with Crippen LogP contribution in [0.5, 0.6) is 0 Å². The summed E-state index contributed by atoms with van der Waals surface area (Å²) in [4.78, 5) is 16.8. The van der Waals surface area contributed by atoms with Crippen molar-refractivity contribution in [3.05, 3.63) is 0 Å². The summed E-state index contributed by atoms with van der Waals surface area (Å²) in [6.07, 6.45) is 4.77. The van der Waals surface area contributed by atoms with Gasteiger partial charge in [0.2, 0.25) is 5.91 Å². The Morgan fingerprint density at radius 1 is 1.15 bits per heavy atom. The highest BCUT2D eigenvalue weighted by atomic mass is 16.2. The second-order valence-electron chi connectivity index (χ2n) is 6.06. The maximum absolute atomic E-state index is 12.0. The molecule has 0 spiro atoms. The van der Waals surface area contributed by atoms with E-state index < -0.39 is 0 Å². The van der Waals surface area contributed by atoms with Crippen molar-refractivity contribution in [3.8, 4) is 0 Å². The van der Waals surface area contributed by atoms with Gasteiger partial charge in [-0.3, -0.25) is 9.69 Å². The molecule has 0 aromatic heterocycles. The van der Waals surface area contributed by atoms with Gasteiger partial charge in [0.15, 0.2) is 0 Å². The Morgan fingerprint density at radius 2 is 1.85 bits per heavy atom. The van der Waals surface area contributed by atoms with Crippen LogP contribution in [0.1, 0.15) is 32.6 Å². The molecule has 0 bridgehead atoms. The third kappa shape index (κ3) is 5.38. The molecule has 20 heavy (non-hydrogen) atoms. The molecule has 5 nitrogen and oxygen atoms in total. The van der Waals surface area contributed by atoms with E-state index in [2.05, 4.69) is 27.4 Å². The number of amides is 1. The van der Waals surface area contributed by atoms with Gasteiger partial charge in [-0.25, -0.2) is 0 Å². The third-order valence-electron chi connectivity index (χ3n) is 4.36. The van der Waals surface area contributed by atoms with Crippen LogP contribution in [0.4, 0.5) is 0 Å². The predicted molar refractivity (Wildman–Crippen MR) is 81.8 cm³/mol. The standard InChI is InChI=1S/C15H30N4O/c1-2-3-8-18-9-4-14(5-10-18)17-15(20)13-19-11-6-16-7-12-19/h14,16H,2-13H2,1H3,(H,17,20). The van der Waals surface area contributed by atoms with Crippen LogP contribution in [-0.4, -0.2) is 74.1 Å². The summed E-state index contributed by atoms with van der Waals surface area (Å²) in [5, 5.41) is 6.53. The van der Waals surface area contributed by atoms with Gasteiger partial charge in [-0.15, -0.1) is 0 Å². The zero-order valence-corrected chi connectivity index (χ0v) is 12.9. The van der Waals surface area contributed by atoms with Crippen LogP contribution < -0.4 is 10.6 Å². The summed E-state index contributed by atoms with van der Waals surface area (Å²) < 4.78 is 0. The van der Waals surface area contributed by atoms with Gasteiger partial charge in [0.05, 0.1) is 6.54 Å². The van der Waals surface area contributed by atoms with Gasteiger partial charge in [-0.2, -0.15) is 0 Å². The zero-order valence-electron chi connectivity index (χ0n) is 12.9. The van der Waals surface area contributed by atoms with Crippen molar-refractivity contribution < 1.29 is 4.79 Å². The van der Waals surface area contributed by atoms with Crippen LogP contribution in [0.25, 0.3) is 0 Å². The number of likely N-dealkylation sites (tertiary alicyclic amines) is 1. The largest absolute Gasteiger partial charge is 0.352 e. The number of carbonyl (C=O) groups is 1. The zero-order chi connectivity index (χ0) is 14.2. The summed E-state index contributed by atoms with van der Waals surface area (Å²) in [7, 11) is 0. The van der Waals surface area contributed by atoms with Crippen molar-refractivity contribution >= 4 is 5.91 Å². The van der Waals surface area contributed by atoms with Gasteiger partial charge in [0.1, 0.15) is 0 Å². The van der Waals surface area contributed by atoms with Crippen LogP contribution in [0.3, 0.4) is 0 Å². The molecule has 2 aliphatic rings. The summed E-state index contributed by atoms with van der Waals surface area (Å²) in [5.74, 6) is 0.207. The Morgan fingerprint density at radius 3 is 2.50 bits per heavy atom. The minimum atomic E-state index is 0.207. The molecule has 0 saturated carbocycles. The first-order valence-electron chi connectivity index (χ1n) is 8.22. The molecular weight excluding hydrogens is 252 g/mol. The van der Waals surface area contributed by atoms with Crippen molar-refractivity contribution in [1.82, 2.24) is 20.4 Å². The normalized spacial score (nSPS) is 22.9. The van der Waals surface area contributed by atoms with E-state index in [-0.39, 0.29) is 5.91 Å². The maximum atomic E-state index is 12.0.